The quantitative estimate of drug-likeness (QED) is 0.850. The molecule has 5 heteroatoms. The predicted octanol–water partition coefficient (Wildman–Crippen LogP) is 2.58. The van der Waals surface area contributed by atoms with Crippen LogP contribution < -0.4 is 5.73 Å². The third-order valence-electron chi connectivity index (χ3n) is 1.62. The molecule has 0 radical (unpaired) electrons. The molecule has 14 heavy (non-hydrogen) atoms. The van der Waals surface area contributed by atoms with E-state index in [1.807, 2.05) is 24.4 Å². The highest BCUT2D eigenvalue weighted by Crippen LogP contribution is 2.31. The van der Waals surface area contributed by atoms with Gasteiger partial charge < -0.3 is 5.73 Å². The minimum atomic E-state index is 0.704. The summed E-state index contributed by atoms with van der Waals surface area (Å²) in [7, 11) is 0. The molecule has 72 valence electrons. The number of nitrogen functional groups attached to an aromatic ring is 1. The number of aryl methyl sites for hydroxylation is 1. The first-order chi connectivity index (χ1) is 6.75. The van der Waals surface area contributed by atoms with Gasteiger partial charge in [0.25, 0.3) is 0 Å². The van der Waals surface area contributed by atoms with Gasteiger partial charge in [0.1, 0.15) is 5.03 Å². The molecule has 0 bridgehead atoms. The van der Waals surface area contributed by atoms with E-state index >= 15 is 0 Å². The van der Waals surface area contributed by atoms with Crippen molar-refractivity contribution >= 4 is 28.8 Å². The first-order valence-electron chi connectivity index (χ1n) is 4.06. The first kappa shape index (κ1) is 9.48. The number of pyridine rings is 1. The van der Waals surface area contributed by atoms with Gasteiger partial charge in [0, 0.05) is 17.3 Å². The Balaban J connectivity index is 2.28. The monoisotopic (exact) mass is 223 g/mol. The van der Waals surface area contributed by atoms with Crippen LogP contribution in [-0.4, -0.2) is 9.97 Å². The highest BCUT2D eigenvalue weighted by molar-refractivity contribution is 8.01. The first-order valence-corrected chi connectivity index (χ1v) is 5.76. The molecule has 0 fully saturated rings. The van der Waals surface area contributed by atoms with Crippen molar-refractivity contribution in [3.63, 3.8) is 0 Å². The molecule has 0 aliphatic rings. The summed E-state index contributed by atoms with van der Waals surface area (Å²) >= 11 is 3.09. The van der Waals surface area contributed by atoms with Crippen molar-refractivity contribution in [1.29, 1.82) is 0 Å². The van der Waals surface area contributed by atoms with E-state index in [0.717, 1.165) is 15.1 Å². The molecule has 0 amide bonds. The minimum absolute atomic E-state index is 0.704. The van der Waals surface area contributed by atoms with Gasteiger partial charge in [0.15, 0.2) is 4.34 Å². The summed E-state index contributed by atoms with van der Waals surface area (Å²) in [5.41, 5.74) is 7.47. The van der Waals surface area contributed by atoms with Gasteiger partial charge in [-0.2, -0.15) is 0 Å². The normalized spacial score (nSPS) is 10.4. The Hall–Kier alpha value is -1.07. The van der Waals surface area contributed by atoms with E-state index in [2.05, 4.69) is 9.97 Å². The average Bonchev–Trinajstić information content (AvgIpc) is 2.64. The molecule has 0 spiro atoms. The molecule has 0 aromatic carbocycles. The largest absolute Gasteiger partial charge is 0.397 e. The summed E-state index contributed by atoms with van der Waals surface area (Å²) in [6, 6.07) is 3.78. The van der Waals surface area contributed by atoms with Crippen LogP contribution in [0.3, 0.4) is 0 Å². The SMILES string of the molecule is Cc1ccc(N)c(Sc2nccs2)n1. The second-order valence-corrected chi connectivity index (χ2v) is 4.88. The van der Waals surface area contributed by atoms with Crippen molar-refractivity contribution in [3.05, 3.63) is 29.4 Å². The third-order valence-corrected chi connectivity index (χ3v) is 3.53. The molecule has 2 N–H and O–H groups in total. The fourth-order valence-electron chi connectivity index (χ4n) is 0.969. The zero-order valence-corrected chi connectivity index (χ0v) is 9.23. The second kappa shape index (κ2) is 3.98. The predicted molar refractivity (Wildman–Crippen MR) is 59.6 cm³/mol. The van der Waals surface area contributed by atoms with Crippen LogP contribution in [0, 0.1) is 6.92 Å². The van der Waals surface area contributed by atoms with Crippen molar-refractivity contribution < 1.29 is 0 Å². The fraction of sp³-hybridized carbons (Fsp3) is 0.111. The average molecular weight is 223 g/mol. The zero-order valence-electron chi connectivity index (χ0n) is 7.60. The maximum Gasteiger partial charge on any atom is 0.156 e. The van der Waals surface area contributed by atoms with Crippen LogP contribution in [0.5, 0.6) is 0 Å². The number of hydrogen-bond donors (Lipinski definition) is 1. The molecule has 2 heterocycles. The van der Waals surface area contributed by atoms with E-state index in [-0.39, 0.29) is 0 Å². The van der Waals surface area contributed by atoms with Crippen LogP contribution in [0.15, 0.2) is 33.1 Å². The highest BCUT2D eigenvalue weighted by atomic mass is 32.2. The van der Waals surface area contributed by atoms with Crippen molar-refractivity contribution in [1.82, 2.24) is 9.97 Å². The number of hydrogen-bond acceptors (Lipinski definition) is 5. The van der Waals surface area contributed by atoms with Gasteiger partial charge >= 0.3 is 0 Å². The van der Waals surface area contributed by atoms with E-state index in [1.54, 1.807) is 17.5 Å². The van der Waals surface area contributed by atoms with E-state index in [4.69, 9.17) is 5.73 Å². The molecule has 0 atom stereocenters. The van der Waals surface area contributed by atoms with Crippen molar-refractivity contribution in [2.45, 2.75) is 16.3 Å². The lowest BCUT2D eigenvalue weighted by atomic mass is 10.3. The zero-order chi connectivity index (χ0) is 9.97. The number of thiazole rings is 1. The Bertz CT molecular complexity index is 426. The second-order valence-electron chi connectivity index (χ2n) is 2.75. The van der Waals surface area contributed by atoms with Crippen molar-refractivity contribution in [2.24, 2.45) is 0 Å². The number of anilines is 1. The number of aromatic nitrogens is 2. The van der Waals surface area contributed by atoms with E-state index in [9.17, 15) is 0 Å². The maximum absolute atomic E-state index is 5.80. The van der Waals surface area contributed by atoms with Crippen LogP contribution in [0.4, 0.5) is 5.69 Å². The molecule has 0 saturated carbocycles. The summed E-state index contributed by atoms with van der Waals surface area (Å²) in [5.74, 6) is 0. The van der Waals surface area contributed by atoms with Crippen LogP contribution >= 0.6 is 23.1 Å². The third kappa shape index (κ3) is 2.05. The maximum atomic E-state index is 5.80. The topological polar surface area (TPSA) is 51.8 Å². The molecule has 0 unspecified atom stereocenters. The van der Waals surface area contributed by atoms with E-state index in [0.29, 0.717) is 5.69 Å². The lowest BCUT2D eigenvalue weighted by Crippen LogP contribution is -1.92. The molecule has 2 rings (SSSR count). The van der Waals surface area contributed by atoms with Crippen LogP contribution in [0.1, 0.15) is 5.69 Å². The van der Waals surface area contributed by atoms with Gasteiger partial charge in [0.2, 0.25) is 0 Å². The lowest BCUT2D eigenvalue weighted by molar-refractivity contribution is 1.07. The highest BCUT2D eigenvalue weighted by Gasteiger charge is 2.05. The molecule has 0 aliphatic carbocycles. The summed E-state index contributed by atoms with van der Waals surface area (Å²) < 4.78 is 0.967. The standard InChI is InChI=1S/C9H9N3S2/c1-6-2-3-7(10)8(12-6)14-9-11-4-5-13-9/h2-5H,10H2,1H3. The van der Waals surface area contributed by atoms with Gasteiger partial charge in [-0.15, -0.1) is 11.3 Å². The molecular formula is C9H9N3S2. The molecule has 0 saturated heterocycles. The number of nitrogens with zero attached hydrogens (tertiary/aromatic N) is 2. The van der Waals surface area contributed by atoms with Gasteiger partial charge in [0.05, 0.1) is 5.69 Å². The van der Waals surface area contributed by atoms with Crippen molar-refractivity contribution in [3.8, 4) is 0 Å². The van der Waals surface area contributed by atoms with Gasteiger partial charge in [-0.3, -0.25) is 0 Å². The number of nitrogens with two attached hydrogens (primary N) is 1. The Kier molecular flexibility index (Phi) is 2.69. The fourth-order valence-corrected chi connectivity index (χ4v) is 2.58. The Morgan fingerprint density at radius 1 is 1.43 bits per heavy atom. The Labute approximate surface area is 90.4 Å². The van der Waals surface area contributed by atoms with Crippen LogP contribution in [0.2, 0.25) is 0 Å². The van der Waals surface area contributed by atoms with Gasteiger partial charge in [-0.25, -0.2) is 9.97 Å². The van der Waals surface area contributed by atoms with Crippen LogP contribution in [-0.2, 0) is 0 Å². The summed E-state index contributed by atoms with van der Waals surface area (Å²) in [5, 5.41) is 2.77. The Morgan fingerprint density at radius 3 is 3.00 bits per heavy atom. The lowest BCUT2D eigenvalue weighted by Gasteiger charge is -2.02. The smallest absolute Gasteiger partial charge is 0.156 e. The van der Waals surface area contributed by atoms with Crippen molar-refractivity contribution in [2.75, 3.05) is 5.73 Å². The summed E-state index contributed by atoms with van der Waals surface area (Å²) in [6.45, 7) is 1.95. The molecular weight excluding hydrogens is 214 g/mol. The summed E-state index contributed by atoms with van der Waals surface area (Å²) in [4.78, 5) is 8.52. The Morgan fingerprint density at radius 2 is 2.29 bits per heavy atom. The van der Waals surface area contributed by atoms with E-state index < -0.39 is 0 Å². The summed E-state index contributed by atoms with van der Waals surface area (Å²) in [6.07, 6.45) is 1.78. The molecule has 2 aromatic heterocycles. The van der Waals surface area contributed by atoms with Gasteiger partial charge in [-0.05, 0) is 30.8 Å². The molecule has 0 aliphatic heterocycles. The number of rotatable bonds is 2. The molecule has 3 nitrogen and oxygen atoms in total. The minimum Gasteiger partial charge on any atom is -0.397 e. The van der Waals surface area contributed by atoms with Gasteiger partial charge in [-0.1, -0.05) is 0 Å². The van der Waals surface area contributed by atoms with Crippen LogP contribution in [0.25, 0.3) is 0 Å². The van der Waals surface area contributed by atoms with E-state index in [1.165, 1.54) is 11.8 Å². The molecule has 2 aromatic rings.